The first-order valence-electron chi connectivity index (χ1n) is 2.94. The van der Waals surface area contributed by atoms with Crippen LogP contribution >= 0.6 is 24.0 Å². The van der Waals surface area contributed by atoms with Gasteiger partial charge in [0.1, 0.15) is 6.10 Å². The Morgan fingerprint density at radius 3 is 2.50 bits per heavy atom. The molecule has 0 aromatic carbocycles. The van der Waals surface area contributed by atoms with Crippen LogP contribution in [0.1, 0.15) is 6.92 Å². The van der Waals surface area contributed by atoms with Crippen LogP contribution < -0.4 is 4.34 Å². The maximum absolute atomic E-state index is 10.7. The van der Waals surface area contributed by atoms with Gasteiger partial charge < -0.3 is 9.79 Å². The van der Waals surface area contributed by atoms with Crippen molar-refractivity contribution in [3.05, 3.63) is 0 Å². The number of carbonyl (C=O) groups excluding carboxylic acids is 1. The molecule has 0 fully saturated rings. The first kappa shape index (κ1) is 12.2. The molecule has 8 heteroatoms. The number of nitrogens with one attached hydrogen (secondary N) is 1. The number of carbonyl (C=O) groups is 1. The Labute approximate surface area is 77.9 Å². The molecule has 0 amide bonds. The van der Waals surface area contributed by atoms with Gasteiger partial charge in [0.25, 0.3) is 0 Å². The Bertz CT molecular complexity index is 204. The van der Waals surface area contributed by atoms with Gasteiger partial charge in [-0.25, -0.2) is 4.57 Å². The normalized spacial score (nSPS) is 14.3. The molecule has 72 valence electrons. The third kappa shape index (κ3) is 5.82. The summed E-state index contributed by atoms with van der Waals surface area (Å²) in [6.07, 6.45) is -1.13. The van der Waals surface area contributed by atoms with Gasteiger partial charge in [-0.15, -0.1) is 0 Å². The standard InChI is InChI=1S/C4H9BrNO5P/c1-3(7)4(2-6-5)11-12(8,9)10/h4,6H,2H2,1H3,(H2,8,9,10). The van der Waals surface area contributed by atoms with Gasteiger partial charge in [0.05, 0.1) is 0 Å². The predicted octanol–water partition coefficient (Wildman–Crippen LogP) is -0.0472. The van der Waals surface area contributed by atoms with Gasteiger partial charge in [-0.05, 0) is 6.92 Å². The van der Waals surface area contributed by atoms with Crippen molar-refractivity contribution < 1.29 is 23.7 Å². The SMILES string of the molecule is CC(=O)C(CNBr)OP(=O)(O)O. The fraction of sp³-hybridized carbons (Fsp3) is 0.750. The van der Waals surface area contributed by atoms with Crippen molar-refractivity contribution in [3.63, 3.8) is 0 Å². The minimum Gasteiger partial charge on any atom is -0.303 e. The zero-order valence-corrected chi connectivity index (χ0v) is 8.71. The summed E-state index contributed by atoms with van der Waals surface area (Å²) >= 11 is 2.79. The lowest BCUT2D eigenvalue weighted by Gasteiger charge is -2.13. The van der Waals surface area contributed by atoms with E-state index in [1.807, 2.05) is 0 Å². The first-order chi connectivity index (χ1) is 5.37. The summed E-state index contributed by atoms with van der Waals surface area (Å²) in [4.78, 5) is 27.4. The maximum atomic E-state index is 10.7. The number of hydrogen-bond acceptors (Lipinski definition) is 4. The molecule has 0 saturated carbocycles. The zero-order valence-electron chi connectivity index (χ0n) is 6.23. The summed E-state index contributed by atoms with van der Waals surface area (Å²) in [5.41, 5.74) is 0. The zero-order chi connectivity index (χ0) is 9.78. The van der Waals surface area contributed by atoms with Crippen LogP contribution in [0, 0.1) is 0 Å². The highest BCUT2D eigenvalue weighted by atomic mass is 79.9. The summed E-state index contributed by atoms with van der Waals surface area (Å²) in [6, 6.07) is 0. The summed E-state index contributed by atoms with van der Waals surface area (Å²) in [5.74, 6) is -0.453. The summed E-state index contributed by atoms with van der Waals surface area (Å²) in [7, 11) is -4.59. The molecule has 0 aliphatic rings. The average Bonchev–Trinajstić information content (AvgIpc) is 1.83. The van der Waals surface area contributed by atoms with Crippen LogP contribution in [0.5, 0.6) is 0 Å². The van der Waals surface area contributed by atoms with Crippen molar-refractivity contribution in [1.29, 1.82) is 0 Å². The number of hydrogen-bond donors (Lipinski definition) is 3. The second kappa shape index (κ2) is 5.06. The fourth-order valence-corrected chi connectivity index (χ4v) is 1.34. The van der Waals surface area contributed by atoms with Gasteiger partial charge in [-0.1, -0.05) is 0 Å². The molecule has 6 nitrogen and oxygen atoms in total. The third-order valence-corrected chi connectivity index (χ3v) is 1.83. The average molecular weight is 262 g/mol. The van der Waals surface area contributed by atoms with E-state index in [0.717, 1.165) is 0 Å². The van der Waals surface area contributed by atoms with Crippen LogP contribution in [0.25, 0.3) is 0 Å². The van der Waals surface area contributed by atoms with E-state index in [-0.39, 0.29) is 6.54 Å². The predicted molar refractivity (Wildman–Crippen MR) is 44.5 cm³/mol. The molecule has 0 aliphatic heterocycles. The van der Waals surface area contributed by atoms with Crippen molar-refractivity contribution in [2.75, 3.05) is 6.54 Å². The molecule has 0 bridgehead atoms. The Kier molecular flexibility index (Phi) is 5.15. The van der Waals surface area contributed by atoms with Crippen molar-refractivity contribution in [2.45, 2.75) is 13.0 Å². The fourth-order valence-electron chi connectivity index (χ4n) is 0.491. The lowest BCUT2D eigenvalue weighted by molar-refractivity contribution is -0.124. The molecule has 0 aliphatic carbocycles. The molecule has 0 rings (SSSR count). The molecule has 0 spiro atoms. The monoisotopic (exact) mass is 261 g/mol. The summed E-state index contributed by atoms with van der Waals surface area (Å²) in [5, 5.41) is 0. The summed E-state index contributed by atoms with van der Waals surface area (Å²) < 4.78 is 16.9. The van der Waals surface area contributed by atoms with Gasteiger partial charge in [-0.3, -0.25) is 13.7 Å². The molecule has 0 aromatic heterocycles. The molecular formula is C4H9BrNO5P. The molecule has 0 saturated heterocycles. The molecule has 0 aromatic rings. The van der Waals surface area contributed by atoms with Crippen LogP contribution in [-0.2, 0) is 13.9 Å². The molecular weight excluding hydrogens is 253 g/mol. The van der Waals surface area contributed by atoms with Crippen molar-refractivity contribution in [3.8, 4) is 0 Å². The molecule has 0 heterocycles. The van der Waals surface area contributed by atoms with Gasteiger partial charge >= 0.3 is 7.82 Å². The van der Waals surface area contributed by atoms with E-state index in [2.05, 4.69) is 25.0 Å². The highest BCUT2D eigenvalue weighted by molar-refractivity contribution is 9.08. The molecule has 0 radical (unpaired) electrons. The number of rotatable bonds is 5. The smallest absolute Gasteiger partial charge is 0.303 e. The largest absolute Gasteiger partial charge is 0.470 e. The van der Waals surface area contributed by atoms with E-state index in [1.165, 1.54) is 6.92 Å². The van der Waals surface area contributed by atoms with Crippen LogP contribution in [0.4, 0.5) is 0 Å². The number of phosphoric ester groups is 1. The second-order valence-corrected chi connectivity index (χ2v) is 3.79. The van der Waals surface area contributed by atoms with E-state index in [0.29, 0.717) is 0 Å². The number of phosphoric acid groups is 1. The highest BCUT2D eigenvalue weighted by Gasteiger charge is 2.24. The second-order valence-electron chi connectivity index (χ2n) is 2.03. The minimum absolute atomic E-state index is 0.000440. The number of halogens is 1. The Morgan fingerprint density at radius 1 is 1.75 bits per heavy atom. The molecule has 1 unspecified atom stereocenters. The third-order valence-electron chi connectivity index (χ3n) is 0.981. The lowest BCUT2D eigenvalue weighted by Crippen LogP contribution is -2.29. The summed E-state index contributed by atoms with van der Waals surface area (Å²) in [6.45, 7) is 1.19. The minimum atomic E-state index is -4.59. The topological polar surface area (TPSA) is 95.9 Å². The van der Waals surface area contributed by atoms with E-state index >= 15 is 0 Å². The van der Waals surface area contributed by atoms with E-state index < -0.39 is 19.7 Å². The van der Waals surface area contributed by atoms with Crippen LogP contribution in [0.2, 0.25) is 0 Å². The maximum Gasteiger partial charge on any atom is 0.470 e. The lowest BCUT2D eigenvalue weighted by atomic mass is 10.3. The van der Waals surface area contributed by atoms with Crippen molar-refractivity contribution in [2.24, 2.45) is 0 Å². The highest BCUT2D eigenvalue weighted by Crippen LogP contribution is 2.37. The van der Waals surface area contributed by atoms with Gasteiger partial charge in [0.2, 0.25) is 0 Å². The van der Waals surface area contributed by atoms with Gasteiger partial charge in [0.15, 0.2) is 5.78 Å². The van der Waals surface area contributed by atoms with Gasteiger partial charge in [0, 0.05) is 22.7 Å². The van der Waals surface area contributed by atoms with Crippen LogP contribution in [-0.4, -0.2) is 28.2 Å². The van der Waals surface area contributed by atoms with E-state index in [1.54, 1.807) is 0 Å². The Balaban J connectivity index is 4.14. The van der Waals surface area contributed by atoms with Crippen LogP contribution in [0.15, 0.2) is 0 Å². The Hall–Kier alpha value is 0.220. The number of ketones is 1. The van der Waals surface area contributed by atoms with Crippen molar-refractivity contribution >= 4 is 29.8 Å². The van der Waals surface area contributed by atoms with E-state index in [4.69, 9.17) is 9.79 Å². The van der Waals surface area contributed by atoms with Crippen molar-refractivity contribution in [1.82, 2.24) is 4.34 Å². The van der Waals surface area contributed by atoms with Crippen LogP contribution in [0.3, 0.4) is 0 Å². The van der Waals surface area contributed by atoms with E-state index in [9.17, 15) is 9.36 Å². The Morgan fingerprint density at radius 2 is 2.25 bits per heavy atom. The number of Topliss-reactive ketones (excluding diaryl/α,β-unsaturated/α-hetero) is 1. The molecule has 12 heavy (non-hydrogen) atoms. The van der Waals surface area contributed by atoms with Gasteiger partial charge in [-0.2, -0.15) is 0 Å². The molecule has 3 N–H and O–H groups in total. The quantitative estimate of drug-likeness (QED) is 0.475. The first-order valence-corrected chi connectivity index (χ1v) is 5.27. The molecule has 1 atom stereocenters.